The Labute approximate surface area is 94.7 Å². The normalized spacial score (nSPS) is 10.4. The van der Waals surface area contributed by atoms with Crippen molar-refractivity contribution in [1.29, 1.82) is 0 Å². The van der Waals surface area contributed by atoms with E-state index in [1.807, 2.05) is 0 Å². The Morgan fingerprint density at radius 3 is 2.06 bits per heavy atom. The topological polar surface area (TPSA) is 104 Å². The molecule has 0 aliphatic carbocycles. The van der Waals surface area contributed by atoms with Gasteiger partial charge in [0.2, 0.25) is 0 Å². The highest BCUT2D eigenvalue weighted by molar-refractivity contribution is 7.16. The maximum Gasteiger partial charge on any atom is 0.352 e. The summed E-state index contributed by atoms with van der Waals surface area (Å²) in [5.41, 5.74) is 0. The molecule has 0 atom stereocenters. The van der Waals surface area contributed by atoms with Gasteiger partial charge in [0.15, 0.2) is 21.3 Å². The number of thiophene rings is 1. The largest absolute Gasteiger partial charge is 0.503 e. The van der Waals surface area contributed by atoms with Crippen LogP contribution in [-0.2, 0) is 4.74 Å². The Bertz CT molecular complexity index is 433. The minimum atomic E-state index is -1.42. The van der Waals surface area contributed by atoms with Crippen LogP contribution in [0.1, 0.15) is 33.2 Å². The lowest BCUT2D eigenvalue weighted by Crippen LogP contribution is -2.10. The third kappa shape index (κ3) is 2.25. The summed E-state index contributed by atoms with van der Waals surface area (Å²) in [6, 6.07) is 0. The second-order valence-corrected chi connectivity index (χ2v) is 4.24. The summed E-state index contributed by atoms with van der Waals surface area (Å²) in [6.07, 6.45) is -0.399. The molecule has 88 valence electrons. The first-order chi connectivity index (χ1) is 7.34. The van der Waals surface area contributed by atoms with Gasteiger partial charge < -0.3 is 20.1 Å². The lowest BCUT2D eigenvalue weighted by Gasteiger charge is -2.05. The summed E-state index contributed by atoms with van der Waals surface area (Å²) in [6.45, 7) is 3.22. The summed E-state index contributed by atoms with van der Waals surface area (Å²) in [5.74, 6) is -3.84. The molecule has 0 bridgehead atoms. The number of aromatic hydroxyl groups is 2. The van der Waals surface area contributed by atoms with Crippen molar-refractivity contribution in [3.8, 4) is 11.5 Å². The molecule has 1 heterocycles. The first kappa shape index (κ1) is 12.3. The van der Waals surface area contributed by atoms with Crippen LogP contribution in [0.3, 0.4) is 0 Å². The molecule has 0 saturated heterocycles. The van der Waals surface area contributed by atoms with Gasteiger partial charge >= 0.3 is 11.9 Å². The van der Waals surface area contributed by atoms with Crippen molar-refractivity contribution in [1.82, 2.24) is 0 Å². The van der Waals surface area contributed by atoms with Crippen LogP contribution >= 0.6 is 11.3 Å². The number of hydrogen-bond acceptors (Lipinski definition) is 6. The van der Waals surface area contributed by atoms with Gasteiger partial charge in [0.05, 0.1) is 6.10 Å². The monoisotopic (exact) mass is 246 g/mol. The molecule has 0 amide bonds. The summed E-state index contributed by atoms with van der Waals surface area (Å²) in [7, 11) is 0. The highest BCUT2D eigenvalue weighted by atomic mass is 32.1. The summed E-state index contributed by atoms with van der Waals surface area (Å²) < 4.78 is 4.77. The van der Waals surface area contributed by atoms with Gasteiger partial charge in [-0.25, -0.2) is 9.59 Å². The smallest absolute Gasteiger partial charge is 0.352 e. The fourth-order valence-electron chi connectivity index (χ4n) is 0.965. The van der Waals surface area contributed by atoms with Gasteiger partial charge in [-0.2, -0.15) is 0 Å². The number of carbonyl (C=O) groups is 2. The van der Waals surface area contributed by atoms with E-state index in [0.717, 1.165) is 0 Å². The van der Waals surface area contributed by atoms with E-state index in [2.05, 4.69) is 0 Å². The molecule has 0 fully saturated rings. The van der Waals surface area contributed by atoms with Crippen LogP contribution in [0.25, 0.3) is 0 Å². The second kappa shape index (κ2) is 4.40. The molecule has 3 N–H and O–H groups in total. The van der Waals surface area contributed by atoms with E-state index in [-0.39, 0.29) is 4.88 Å². The average Bonchev–Trinajstić information content (AvgIpc) is 2.43. The number of esters is 1. The van der Waals surface area contributed by atoms with Crippen LogP contribution in [0.2, 0.25) is 0 Å². The maximum absolute atomic E-state index is 11.4. The molecule has 0 aliphatic heterocycles. The molecule has 0 saturated carbocycles. The van der Waals surface area contributed by atoms with E-state index in [1.54, 1.807) is 13.8 Å². The van der Waals surface area contributed by atoms with Crippen molar-refractivity contribution in [2.24, 2.45) is 0 Å². The molecule has 0 unspecified atom stereocenters. The van der Waals surface area contributed by atoms with E-state index in [4.69, 9.17) is 9.84 Å². The van der Waals surface area contributed by atoms with E-state index >= 15 is 0 Å². The van der Waals surface area contributed by atoms with Gasteiger partial charge in [-0.05, 0) is 13.8 Å². The zero-order valence-electron chi connectivity index (χ0n) is 8.55. The SMILES string of the molecule is CC(C)OC(=O)c1sc(C(=O)O)c(O)c1O. The fraction of sp³-hybridized carbons (Fsp3) is 0.333. The van der Waals surface area contributed by atoms with E-state index in [9.17, 15) is 19.8 Å². The third-order valence-electron chi connectivity index (χ3n) is 1.58. The predicted molar refractivity (Wildman–Crippen MR) is 55.2 cm³/mol. The molecule has 6 nitrogen and oxygen atoms in total. The minimum Gasteiger partial charge on any atom is -0.503 e. The maximum atomic E-state index is 11.4. The number of hydrogen-bond donors (Lipinski definition) is 3. The van der Waals surface area contributed by atoms with Gasteiger partial charge in [0.1, 0.15) is 0 Å². The predicted octanol–water partition coefficient (Wildman–Crippen LogP) is 1.42. The Kier molecular flexibility index (Phi) is 3.38. The zero-order valence-corrected chi connectivity index (χ0v) is 9.37. The van der Waals surface area contributed by atoms with E-state index in [1.165, 1.54) is 0 Å². The molecule has 1 aromatic rings. The molecule has 0 aromatic carbocycles. The number of carbonyl (C=O) groups excluding carboxylic acids is 1. The van der Waals surface area contributed by atoms with Gasteiger partial charge in [0, 0.05) is 0 Å². The van der Waals surface area contributed by atoms with Crippen molar-refractivity contribution < 1.29 is 29.6 Å². The molecular weight excluding hydrogens is 236 g/mol. The van der Waals surface area contributed by atoms with Crippen molar-refractivity contribution in [2.75, 3.05) is 0 Å². The highest BCUT2D eigenvalue weighted by Crippen LogP contribution is 2.40. The molecule has 0 radical (unpaired) electrons. The molecule has 16 heavy (non-hydrogen) atoms. The molecule has 0 aliphatic rings. The van der Waals surface area contributed by atoms with E-state index < -0.39 is 34.4 Å². The van der Waals surface area contributed by atoms with Crippen LogP contribution in [0, 0.1) is 0 Å². The van der Waals surface area contributed by atoms with Crippen molar-refractivity contribution in [2.45, 2.75) is 20.0 Å². The van der Waals surface area contributed by atoms with Crippen molar-refractivity contribution in [3.63, 3.8) is 0 Å². The second-order valence-electron chi connectivity index (χ2n) is 3.22. The molecule has 7 heteroatoms. The van der Waals surface area contributed by atoms with Crippen LogP contribution in [0.4, 0.5) is 0 Å². The summed E-state index contributed by atoms with van der Waals surface area (Å²) >= 11 is 0.470. The lowest BCUT2D eigenvalue weighted by atomic mass is 10.3. The average molecular weight is 246 g/mol. The van der Waals surface area contributed by atoms with Crippen LogP contribution in [0.5, 0.6) is 11.5 Å². The van der Waals surface area contributed by atoms with Gasteiger partial charge in [-0.3, -0.25) is 0 Å². The fourth-order valence-corrected chi connectivity index (χ4v) is 1.77. The van der Waals surface area contributed by atoms with Crippen LogP contribution in [0.15, 0.2) is 0 Å². The van der Waals surface area contributed by atoms with Crippen molar-refractivity contribution >= 4 is 23.3 Å². The Morgan fingerprint density at radius 2 is 1.69 bits per heavy atom. The zero-order chi connectivity index (χ0) is 12.5. The number of aromatic carboxylic acids is 1. The Hall–Kier alpha value is -1.76. The van der Waals surface area contributed by atoms with Crippen LogP contribution in [-0.4, -0.2) is 33.4 Å². The number of carboxylic acids is 1. The minimum absolute atomic E-state index is 0.316. The highest BCUT2D eigenvalue weighted by Gasteiger charge is 2.27. The molecule has 0 spiro atoms. The summed E-state index contributed by atoms with van der Waals surface area (Å²) in [4.78, 5) is 21.2. The van der Waals surface area contributed by atoms with Crippen LogP contribution < -0.4 is 0 Å². The Balaban J connectivity index is 3.11. The first-order valence-corrected chi connectivity index (χ1v) is 5.15. The summed E-state index contributed by atoms with van der Waals surface area (Å²) in [5, 5.41) is 27.2. The van der Waals surface area contributed by atoms with E-state index in [0.29, 0.717) is 11.3 Å². The van der Waals surface area contributed by atoms with Crippen molar-refractivity contribution in [3.05, 3.63) is 9.75 Å². The Morgan fingerprint density at radius 1 is 1.19 bits per heavy atom. The molecular formula is C9H10O6S. The third-order valence-corrected chi connectivity index (χ3v) is 2.72. The van der Waals surface area contributed by atoms with Gasteiger partial charge in [0.25, 0.3) is 0 Å². The number of ether oxygens (including phenoxy) is 1. The quantitative estimate of drug-likeness (QED) is 0.697. The van der Waals surface area contributed by atoms with Gasteiger partial charge in [-0.15, -0.1) is 11.3 Å². The molecule has 1 rings (SSSR count). The number of rotatable bonds is 3. The molecule has 1 aromatic heterocycles. The van der Waals surface area contributed by atoms with Gasteiger partial charge in [-0.1, -0.05) is 0 Å². The number of carboxylic acid groups (broad SMARTS) is 1. The first-order valence-electron chi connectivity index (χ1n) is 4.33. The lowest BCUT2D eigenvalue weighted by molar-refractivity contribution is 0.0380. The standard InChI is InChI=1S/C9H10O6S/c1-3(2)15-9(14)7-5(11)4(10)6(16-7)8(12)13/h3,10-11H,1-2H3,(H,12,13).